The molecular formula is C21H15F3N4O2. The van der Waals surface area contributed by atoms with Crippen LogP contribution in [0.15, 0.2) is 53.1 Å². The number of halogens is 3. The van der Waals surface area contributed by atoms with E-state index in [-0.39, 0.29) is 37.2 Å². The Balaban J connectivity index is 1.48. The highest BCUT2D eigenvalue weighted by Gasteiger charge is 2.35. The first-order valence-electron chi connectivity index (χ1n) is 9.11. The highest BCUT2D eigenvalue weighted by atomic mass is 19.4. The van der Waals surface area contributed by atoms with E-state index in [1.165, 1.54) is 11.0 Å². The van der Waals surface area contributed by atoms with Gasteiger partial charge in [0.25, 0.3) is 5.89 Å². The number of nitrogens with zero attached hydrogens (tertiary/aromatic N) is 4. The molecule has 1 unspecified atom stereocenters. The maximum absolute atomic E-state index is 12.9. The molecule has 0 saturated carbocycles. The van der Waals surface area contributed by atoms with Gasteiger partial charge in [-0.15, -0.1) is 0 Å². The lowest BCUT2D eigenvalue weighted by atomic mass is 10.1. The molecule has 3 aromatic rings. The SMILES string of the molecule is N#Cc1cccc(-c2nc(C3CC(=O)N(Cc4cccc(C(F)(F)F)c4)C3)no2)c1. The summed E-state index contributed by atoms with van der Waals surface area (Å²) >= 11 is 0. The first-order chi connectivity index (χ1) is 14.3. The molecule has 1 atom stereocenters. The van der Waals surface area contributed by atoms with Crippen molar-refractivity contribution < 1.29 is 22.5 Å². The summed E-state index contributed by atoms with van der Waals surface area (Å²) in [5, 5.41) is 13.0. The second-order valence-electron chi connectivity index (χ2n) is 7.02. The lowest BCUT2D eigenvalue weighted by Gasteiger charge is -2.17. The first kappa shape index (κ1) is 19.6. The number of alkyl halides is 3. The summed E-state index contributed by atoms with van der Waals surface area (Å²) in [5.74, 6) is 0.0910. The number of hydrogen-bond donors (Lipinski definition) is 0. The van der Waals surface area contributed by atoms with Gasteiger partial charge < -0.3 is 9.42 Å². The maximum Gasteiger partial charge on any atom is 0.416 e. The van der Waals surface area contributed by atoms with Crippen LogP contribution in [0.5, 0.6) is 0 Å². The van der Waals surface area contributed by atoms with E-state index in [0.717, 1.165) is 12.1 Å². The van der Waals surface area contributed by atoms with Gasteiger partial charge in [0.05, 0.1) is 17.2 Å². The molecule has 2 heterocycles. The zero-order valence-electron chi connectivity index (χ0n) is 15.6. The zero-order valence-corrected chi connectivity index (χ0v) is 15.6. The van der Waals surface area contributed by atoms with Crippen molar-refractivity contribution in [3.63, 3.8) is 0 Å². The van der Waals surface area contributed by atoms with Crippen LogP contribution in [0.1, 0.15) is 34.9 Å². The van der Waals surface area contributed by atoms with Crippen LogP contribution in [0.3, 0.4) is 0 Å². The summed E-state index contributed by atoms with van der Waals surface area (Å²) in [5.41, 5.74) is 0.708. The number of nitriles is 1. The molecule has 2 aromatic carbocycles. The third kappa shape index (κ3) is 4.03. The summed E-state index contributed by atoms with van der Waals surface area (Å²) < 4.78 is 44.0. The van der Waals surface area contributed by atoms with Crippen molar-refractivity contribution in [3.05, 3.63) is 71.0 Å². The van der Waals surface area contributed by atoms with Gasteiger partial charge in [0.15, 0.2) is 5.82 Å². The monoisotopic (exact) mass is 412 g/mol. The molecule has 4 rings (SSSR count). The smallest absolute Gasteiger partial charge is 0.338 e. The van der Waals surface area contributed by atoms with Crippen molar-refractivity contribution in [2.24, 2.45) is 0 Å². The fourth-order valence-corrected chi connectivity index (χ4v) is 3.40. The molecule has 1 aliphatic heterocycles. The van der Waals surface area contributed by atoms with Crippen LogP contribution in [-0.2, 0) is 17.5 Å². The van der Waals surface area contributed by atoms with Crippen LogP contribution < -0.4 is 0 Å². The van der Waals surface area contributed by atoms with Crippen molar-refractivity contribution in [2.45, 2.75) is 25.1 Å². The largest absolute Gasteiger partial charge is 0.416 e. The second-order valence-corrected chi connectivity index (χ2v) is 7.02. The highest BCUT2D eigenvalue weighted by Crippen LogP contribution is 2.32. The van der Waals surface area contributed by atoms with E-state index in [1.807, 2.05) is 6.07 Å². The third-order valence-electron chi connectivity index (χ3n) is 4.89. The molecule has 1 aliphatic rings. The molecule has 1 saturated heterocycles. The van der Waals surface area contributed by atoms with E-state index in [2.05, 4.69) is 10.1 Å². The Morgan fingerprint density at radius 3 is 2.77 bits per heavy atom. The van der Waals surface area contributed by atoms with Crippen molar-refractivity contribution in [3.8, 4) is 17.5 Å². The normalized spacial score (nSPS) is 16.7. The first-order valence-corrected chi connectivity index (χ1v) is 9.11. The zero-order chi connectivity index (χ0) is 21.3. The number of carbonyl (C=O) groups is 1. The molecule has 0 bridgehead atoms. The minimum atomic E-state index is -4.43. The number of carbonyl (C=O) groups excluding carboxylic acids is 1. The Hall–Kier alpha value is -3.67. The Morgan fingerprint density at radius 1 is 1.20 bits per heavy atom. The number of rotatable bonds is 4. The van der Waals surface area contributed by atoms with Crippen LogP contribution >= 0.6 is 0 Å². The Kier molecular flexibility index (Phi) is 4.99. The summed E-state index contributed by atoms with van der Waals surface area (Å²) in [6.45, 7) is 0.362. The number of hydrogen-bond acceptors (Lipinski definition) is 5. The molecule has 30 heavy (non-hydrogen) atoms. The van der Waals surface area contributed by atoms with Gasteiger partial charge in [0, 0.05) is 31.0 Å². The van der Waals surface area contributed by atoms with Crippen molar-refractivity contribution in [1.29, 1.82) is 5.26 Å². The van der Waals surface area contributed by atoms with Crippen LogP contribution in [-0.4, -0.2) is 27.5 Å². The van der Waals surface area contributed by atoms with E-state index < -0.39 is 11.7 Å². The molecule has 6 nitrogen and oxygen atoms in total. The number of benzene rings is 2. The third-order valence-corrected chi connectivity index (χ3v) is 4.89. The van der Waals surface area contributed by atoms with Gasteiger partial charge in [-0.25, -0.2) is 0 Å². The van der Waals surface area contributed by atoms with Gasteiger partial charge in [-0.1, -0.05) is 23.4 Å². The van der Waals surface area contributed by atoms with E-state index in [9.17, 15) is 18.0 Å². The second kappa shape index (κ2) is 7.63. The van der Waals surface area contributed by atoms with Gasteiger partial charge in [0.2, 0.25) is 5.91 Å². The quantitative estimate of drug-likeness (QED) is 0.643. The van der Waals surface area contributed by atoms with Gasteiger partial charge in [-0.05, 0) is 35.9 Å². The average Bonchev–Trinajstić information content (AvgIpc) is 3.35. The molecule has 9 heteroatoms. The lowest BCUT2D eigenvalue weighted by Crippen LogP contribution is -2.24. The fourth-order valence-electron chi connectivity index (χ4n) is 3.40. The van der Waals surface area contributed by atoms with Crippen molar-refractivity contribution >= 4 is 5.91 Å². The fraction of sp³-hybridized carbons (Fsp3) is 0.238. The predicted molar refractivity (Wildman–Crippen MR) is 98.7 cm³/mol. The minimum Gasteiger partial charge on any atom is -0.338 e. The molecule has 1 aromatic heterocycles. The van der Waals surface area contributed by atoms with Crippen LogP contribution in [0.4, 0.5) is 13.2 Å². The lowest BCUT2D eigenvalue weighted by molar-refractivity contribution is -0.137. The maximum atomic E-state index is 12.9. The molecular weight excluding hydrogens is 397 g/mol. The molecule has 0 radical (unpaired) electrons. The van der Waals surface area contributed by atoms with Crippen LogP contribution in [0, 0.1) is 11.3 Å². The molecule has 1 amide bonds. The van der Waals surface area contributed by atoms with Crippen LogP contribution in [0.2, 0.25) is 0 Å². The van der Waals surface area contributed by atoms with E-state index in [1.54, 1.807) is 30.3 Å². The van der Waals surface area contributed by atoms with Gasteiger partial charge in [-0.3, -0.25) is 4.79 Å². The predicted octanol–water partition coefficient (Wildman–Crippen LogP) is 4.14. The molecule has 1 fully saturated rings. The number of aromatic nitrogens is 2. The Bertz CT molecular complexity index is 1130. The molecule has 152 valence electrons. The van der Waals surface area contributed by atoms with Gasteiger partial charge >= 0.3 is 6.18 Å². The molecule has 0 aliphatic carbocycles. The topological polar surface area (TPSA) is 83.0 Å². The number of amides is 1. The Labute approximate surface area is 169 Å². The van der Waals surface area contributed by atoms with E-state index >= 15 is 0 Å². The summed E-state index contributed by atoms with van der Waals surface area (Å²) in [7, 11) is 0. The average molecular weight is 412 g/mol. The molecule has 0 spiro atoms. The van der Waals surface area contributed by atoms with Gasteiger partial charge in [0.1, 0.15) is 0 Å². The van der Waals surface area contributed by atoms with Crippen molar-refractivity contribution in [1.82, 2.24) is 15.0 Å². The van der Waals surface area contributed by atoms with Crippen LogP contribution in [0.25, 0.3) is 11.5 Å². The van der Waals surface area contributed by atoms with Crippen molar-refractivity contribution in [2.75, 3.05) is 6.54 Å². The van der Waals surface area contributed by atoms with Gasteiger partial charge in [-0.2, -0.15) is 23.4 Å². The summed E-state index contributed by atoms with van der Waals surface area (Å²) in [4.78, 5) is 18.2. The number of likely N-dealkylation sites (tertiary alicyclic amines) is 1. The Morgan fingerprint density at radius 2 is 2.00 bits per heavy atom. The van der Waals surface area contributed by atoms with E-state index in [4.69, 9.17) is 9.78 Å². The molecule has 0 N–H and O–H groups in total. The highest BCUT2D eigenvalue weighted by molar-refractivity contribution is 5.79. The standard InChI is InChI=1S/C21H15F3N4O2/c22-21(23,24)17-6-2-4-14(8-17)11-28-12-16(9-18(28)29)19-26-20(30-27-19)15-5-1-3-13(7-15)10-25/h1-8,16H,9,11-12H2. The summed E-state index contributed by atoms with van der Waals surface area (Å²) in [6.07, 6.45) is -4.28. The summed E-state index contributed by atoms with van der Waals surface area (Å²) in [6, 6.07) is 13.7. The minimum absolute atomic E-state index is 0.0776. The van der Waals surface area contributed by atoms with E-state index in [0.29, 0.717) is 22.5 Å².